The molecule has 15 heavy (non-hydrogen) atoms. The van der Waals surface area contributed by atoms with Gasteiger partial charge in [-0.25, -0.2) is 4.79 Å². The minimum atomic E-state index is -1.24. The van der Waals surface area contributed by atoms with Gasteiger partial charge in [-0.3, -0.25) is 9.59 Å². The van der Waals surface area contributed by atoms with Gasteiger partial charge < -0.3 is 15.5 Å². The van der Waals surface area contributed by atoms with E-state index in [4.69, 9.17) is 10.2 Å². The summed E-state index contributed by atoms with van der Waals surface area (Å²) in [6.07, 6.45) is 1.15. The highest BCUT2D eigenvalue weighted by Crippen LogP contribution is 2.03. The molecule has 0 aromatic rings. The predicted molar refractivity (Wildman–Crippen MR) is 54.5 cm³/mol. The number of nitrogens with one attached hydrogen (secondary N) is 1. The summed E-state index contributed by atoms with van der Waals surface area (Å²) in [5.41, 5.74) is 0. The molecule has 0 radical (unpaired) electrons. The summed E-state index contributed by atoms with van der Waals surface area (Å²) >= 11 is 2.68. The van der Waals surface area contributed by atoms with E-state index in [0.717, 1.165) is 6.08 Å². The lowest BCUT2D eigenvalue weighted by Gasteiger charge is -1.99. The van der Waals surface area contributed by atoms with Crippen LogP contribution in [0.2, 0.25) is 0 Å². The zero-order chi connectivity index (χ0) is 11.8. The number of carboxylic acid groups (broad SMARTS) is 2. The molecule has 0 saturated carbocycles. The van der Waals surface area contributed by atoms with E-state index in [0.29, 0.717) is 6.42 Å². The van der Waals surface area contributed by atoms with Crippen molar-refractivity contribution in [3.8, 4) is 0 Å². The van der Waals surface area contributed by atoms with Gasteiger partial charge in [0.25, 0.3) is 0 Å². The van der Waals surface area contributed by atoms with Crippen molar-refractivity contribution in [2.24, 2.45) is 0 Å². The highest BCUT2D eigenvalue weighted by molar-refractivity contribution is 9.12. The summed E-state index contributed by atoms with van der Waals surface area (Å²) in [5, 5.41) is 19.0. The van der Waals surface area contributed by atoms with Gasteiger partial charge in [-0.1, -0.05) is 0 Å². The summed E-state index contributed by atoms with van der Waals surface area (Å²) in [5.74, 6) is -2.75. The molecule has 7 heteroatoms. The van der Waals surface area contributed by atoms with Crippen molar-refractivity contribution in [2.45, 2.75) is 12.8 Å². The van der Waals surface area contributed by atoms with Gasteiger partial charge in [0, 0.05) is 19.0 Å². The molecule has 84 valence electrons. The van der Waals surface area contributed by atoms with Crippen molar-refractivity contribution in [3.05, 3.63) is 10.6 Å². The number of hydrogen-bond donors (Lipinski definition) is 3. The first kappa shape index (κ1) is 13.6. The summed E-state index contributed by atoms with van der Waals surface area (Å²) < 4.78 is -0.252. The van der Waals surface area contributed by atoms with Crippen LogP contribution >= 0.6 is 15.9 Å². The van der Waals surface area contributed by atoms with Crippen molar-refractivity contribution in [2.75, 3.05) is 6.54 Å². The standard InChI is InChI=1S/C8H10BrNO5/c9-5(8(14)15)4-6(11)10-3-1-2-7(12)13/h4H,1-3H2,(H,10,11)(H,12,13)(H,14,15)/b5-4+. The van der Waals surface area contributed by atoms with Crippen LogP contribution < -0.4 is 5.32 Å². The molecule has 0 saturated heterocycles. The SMILES string of the molecule is O=C(O)CCCNC(=O)/C=C(/Br)C(=O)O. The minimum absolute atomic E-state index is 0.0376. The van der Waals surface area contributed by atoms with Gasteiger partial charge >= 0.3 is 11.9 Å². The Hall–Kier alpha value is -1.37. The first-order valence-electron chi connectivity index (χ1n) is 4.03. The molecule has 0 spiro atoms. The molecule has 0 heterocycles. The molecule has 0 aliphatic rings. The van der Waals surface area contributed by atoms with Gasteiger partial charge in [-0.15, -0.1) is 0 Å². The van der Waals surface area contributed by atoms with Crippen LogP contribution in [0, 0.1) is 0 Å². The molecular formula is C8H10BrNO5. The van der Waals surface area contributed by atoms with Crippen molar-refractivity contribution in [3.63, 3.8) is 0 Å². The number of halogens is 1. The zero-order valence-electron chi connectivity index (χ0n) is 7.70. The van der Waals surface area contributed by atoms with E-state index in [1.54, 1.807) is 0 Å². The van der Waals surface area contributed by atoms with Crippen molar-refractivity contribution in [1.82, 2.24) is 5.32 Å². The van der Waals surface area contributed by atoms with Crippen molar-refractivity contribution >= 4 is 33.8 Å². The number of rotatable bonds is 6. The maximum atomic E-state index is 11.0. The topological polar surface area (TPSA) is 104 Å². The maximum absolute atomic E-state index is 11.0. The fourth-order valence-electron chi connectivity index (χ4n) is 0.679. The Morgan fingerprint density at radius 3 is 2.33 bits per heavy atom. The molecule has 3 N–H and O–H groups in total. The molecule has 0 bridgehead atoms. The van der Waals surface area contributed by atoms with Gasteiger partial charge in [0.1, 0.15) is 4.48 Å². The average molecular weight is 280 g/mol. The van der Waals surface area contributed by atoms with Crippen LogP contribution in [-0.2, 0) is 14.4 Å². The predicted octanol–water partition coefficient (Wildman–Crippen LogP) is 0.331. The number of amides is 1. The third-order valence-corrected chi connectivity index (χ3v) is 1.90. The van der Waals surface area contributed by atoms with Crippen LogP contribution in [0.1, 0.15) is 12.8 Å². The second-order valence-electron chi connectivity index (χ2n) is 2.59. The van der Waals surface area contributed by atoms with Gasteiger partial charge in [0.2, 0.25) is 5.91 Å². The Kier molecular flexibility index (Phi) is 6.35. The minimum Gasteiger partial charge on any atom is -0.481 e. The number of carboxylic acids is 2. The van der Waals surface area contributed by atoms with Crippen molar-refractivity contribution in [1.29, 1.82) is 0 Å². The fourth-order valence-corrected chi connectivity index (χ4v) is 0.887. The molecule has 0 rings (SSSR count). The Morgan fingerprint density at radius 1 is 1.27 bits per heavy atom. The number of carbonyl (C=O) groups is 3. The van der Waals surface area contributed by atoms with E-state index in [-0.39, 0.29) is 17.4 Å². The number of hydrogen-bond acceptors (Lipinski definition) is 3. The van der Waals surface area contributed by atoms with Gasteiger partial charge in [-0.2, -0.15) is 0 Å². The lowest BCUT2D eigenvalue weighted by atomic mass is 10.3. The Labute approximate surface area is 94.1 Å². The third-order valence-electron chi connectivity index (χ3n) is 1.33. The average Bonchev–Trinajstić information content (AvgIpc) is 2.12. The highest BCUT2D eigenvalue weighted by Gasteiger charge is 2.05. The second kappa shape index (κ2) is 6.99. The quantitative estimate of drug-likeness (QED) is 0.480. The first-order chi connectivity index (χ1) is 6.93. The van der Waals surface area contributed by atoms with Crippen LogP contribution in [0.15, 0.2) is 10.6 Å². The summed E-state index contributed by atoms with van der Waals surface area (Å²) in [6, 6.07) is 0. The van der Waals surface area contributed by atoms with Crippen LogP contribution in [0.3, 0.4) is 0 Å². The van der Waals surface area contributed by atoms with E-state index >= 15 is 0 Å². The van der Waals surface area contributed by atoms with Gasteiger partial charge in [-0.05, 0) is 22.4 Å². The van der Waals surface area contributed by atoms with Crippen LogP contribution in [-0.4, -0.2) is 34.6 Å². The van der Waals surface area contributed by atoms with Crippen LogP contribution in [0.5, 0.6) is 0 Å². The lowest BCUT2D eigenvalue weighted by Crippen LogP contribution is -2.23. The highest BCUT2D eigenvalue weighted by atomic mass is 79.9. The second-order valence-corrected chi connectivity index (χ2v) is 3.44. The normalized spacial score (nSPS) is 10.9. The van der Waals surface area contributed by atoms with Crippen LogP contribution in [0.25, 0.3) is 0 Å². The largest absolute Gasteiger partial charge is 0.481 e. The number of aliphatic carboxylic acids is 2. The molecular weight excluding hydrogens is 270 g/mol. The Bertz CT molecular complexity index is 299. The molecule has 6 nitrogen and oxygen atoms in total. The molecule has 1 amide bonds. The number of carbonyl (C=O) groups excluding carboxylic acids is 1. The summed E-state index contributed by atoms with van der Waals surface area (Å²) in [7, 11) is 0. The van der Waals surface area contributed by atoms with E-state index in [2.05, 4.69) is 21.2 Å². The van der Waals surface area contributed by atoms with Crippen molar-refractivity contribution < 1.29 is 24.6 Å². The molecule has 0 aliphatic heterocycles. The van der Waals surface area contributed by atoms with Gasteiger partial charge in [0.15, 0.2) is 0 Å². The van der Waals surface area contributed by atoms with E-state index in [9.17, 15) is 14.4 Å². The molecule has 0 fully saturated rings. The Morgan fingerprint density at radius 2 is 1.87 bits per heavy atom. The first-order valence-corrected chi connectivity index (χ1v) is 4.83. The zero-order valence-corrected chi connectivity index (χ0v) is 9.28. The molecule has 0 aromatic carbocycles. The van der Waals surface area contributed by atoms with Crippen LogP contribution in [0.4, 0.5) is 0 Å². The Balaban J connectivity index is 3.81. The van der Waals surface area contributed by atoms with Gasteiger partial charge in [0.05, 0.1) is 0 Å². The summed E-state index contributed by atoms with van der Waals surface area (Å²) in [6.45, 7) is 0.196. The van der Waals surface area contributed by atoms with E-state index < -0.39 is 17.8 Å². The smallest absolute Gasteiger partial charge is 0.342 e. The van der Waals surface area contributed by atoms with E-state index in [1.807, 2.05) is 0 Å². The fraction of sp³-hybridized carbons (Fsp3) is 0.375. The van der Waals surface area contributed by atoms with E-state index in [1.165, 1.54) is 0 Å². The molecule has 0 aliphatic carbocycles. The molecule has 0 unspecified atom stereocenters. The molecule has 0 aromatic heterocycles. The lowest BCUT2D eigenvalue weighted by molar-refractivity contribution is -0.137. The molecule has 0 atom stereocenters. The third kappa shape index (κ3) is 7.68. The maximum Gasteiger partial charge on any atom is 0.342 e. The summed E-state index contributed by atoms with van der Waals surface area (Å²) in [4.78, 5) is 31.4. The monoisotopic (exact) mass is 279 g/mol.